The first-order valence-corrected chi connectivity index (χ1v) is 11.4. The van der Waals surface area contributed by atoms with Gasteiger partial charge in [-0.1, -0.05) is 6.07 Å². The first kappa shape index (κ1) is 22.2. The third-order valence-electron chi connectivity index (χ3n) is 6.13. The molecule has 0 aliphatic carbocycles. The predicted octanol–water partition coefficient (Wildman–Crippen LogP) is 4.20. The molecular weight excluding hydrogens is 439 g/mol. The number of pyridine rings is 1. The van der Waals surface area contributed by atoms with Crippen molar-refractivity contribution in [2.24, 2.45) is 0 Å². The molecule has 34 heavy (non-hydrogen) atoms. The monoisotopic (exact) mass is 466 g/mol. The molecule has 0 spiro atoms. The second-order valence-electron chi connectivity index (χ2n) is 8.57. The van der Waals surface area contributed by atoms with E-state index in [1.54, 1.807) is 24.5 Å². The van der Waals surface area contributed by atoms with Crippen LogP contribution in [0.5, 0.6) is 11.5 Å². The van der Waals surface area contributed by atoms with Crippen LogP contribution in [-0.2, 0) is 11.2 Å². The Kier molecular flexibility index (Phi) is 6.10. The Morgan fingerprint density at radius 3 is 3.00 bits per heavy atom. The summed E-state index contributed by atoms with van der Waals surface area (Å²) in [6.07, 6.45) is 5.98. The van der Waals surface area contributed by atoms with E-state index in [9.17, 15) is 9.18 Å². The second kappa shape index (κ2) is 9.34. The number of ether oxygens (including phenoxy) is 3. The molecule has 8 nitrogen and oxygen atoms in total. The molecule has 3 aromatic rings. The summed E-state index contributed by atoms with van der Waals surface area (Å²) in [5, 5.41) is 6.23. The quantitative estimate of drug-likeness (QED) is 0.483. The Balaban J connectivity index is 1.59. The number of halogens is 1. The topological polar surface area (TPSA) is 97.5 Å². The number of aromatic amines is 1. The van der Waals surface area contributed by atoms with Crippen molar-refractivity contribution in [2.75, 3.05) is 25.6 Å². The fraction of sp³-hybridized carbons (Fsp3) is 0.360. The lowest BCUT2D eigenvalue weighted by Crippen LogP contribution is -2.39. The Morgan fingerprint density at radius 2 is 2.21 bits per heavy atom. The van der Waals surface area contributed by atoms with Gasteiger partial charge >= 0.3 is 0 Å². The summed E-state index contributed by atoms with van der Waals surface area (Å²) >= 11 is 0. The number of carbonyl (C=O) groups excluding carboxylic acids is 1. The maximum atomic E-state index is 14.4. The highest BCUT2D eigenvalue weighted by atomic mass is 19.1. The number of methoxy groups -OCH3 is 1. The number of hydrogen-bond donors (Lipinski definition) is 3. The number of para-hydroxylation sites is 1. The molecule has 0 radical (unpaired) electrons. The second-order valence-corrected chi connectivity index (χ2v) is 8.57. The Hall–Kier alpha value is -3.59. The van der Waals surface area contributed by atoms with Crippen LogP contribution in [0.25, 0.3) is 11.3 Å². The van der Waals surface area contributed by atoms with Gasteiger partial charge in [-0.25, -0.2) is 4.39 Å². The standard InChI is InChI=1S/C25H27FN4O4/c1-14-11-19-21(25(31)28-14)23(29-18-7-3-6-17(26)24(18)32-2)22(30-19)16-8-9-27-12-20(16)34-13-15-5-4-10-33-15/h3,6-9,12,14-15,29-30H,4-5,10-11,13H2,1-2H3,(H,28,31)/t14-,15+/m1/s1. The van der Waals surface area contributed by atoms with E-state index < -0.39 is 5.82 Å². The predicted molar refractivity (Wildman–Crippen MR) is 125 cm³/mol. The van der Waals surface area contributed by atoms with Gasteiger partial charge in [0.15, 0.2) is 11.6 Å². The minimum atomic E-state index is -0.499. The van der Waals surface area contributed by atoms with Crippen molar-refractivity contribution < 1.29 is 23.4 Å². The van der Waals surface area contributed by atoms with Crippen LogP contribution in [0.1, 0.15) is 35.8 Å². The summed E-state index contributed by atoms with van der Waals surface area (Å²) in [6.45, 7) is 3.11. The summed E-state index contributed by atoms with van der Waals surface area (Å²) in [5.41, 5.74) is 3.61. The number of hydrogen-bond acceptors (Lipinski definition) is 6. The van der Waals surface area contributed by atoms with Gasteiger partial charge in [0.2, 0.25) is 0 Å². The highest BCUT2D eigenvalue weighted by Crippen LogP contribution is 2.42. The summed E-state index contributed by atoms with van der Waals surface area (Å²) in [7, 11) is 1.41. The highest BCUT2D eigenvalue weighted by Gasteiger charge is 2.31. The molecule has 4 heterocycles. The Morgan fingerprint density at radius 1 is 1.32 bits per heavy atom. The molecule has 1 amide bonds. The van der Waals surface area contributed by atoms with Gasteiger partial charge in [0.25, 0.3) is 5.91 Å². The van der Waals surface area contributed by atoms with Gasteiger partial charge in [-0.05, 0) is 38.0 Å². The van der Waals surface area contributed by atoms with Gasteiger partial charge in [-0.3, -0.25) is 9.78 Å². The average Bonchev–Trinajstić information content (AvgIpc) is 3.46. The lowest BCUT2D eigenvalue weighted by atomic mass is 10.0. The molecule has 5 rings (SSSR count). The first-order chi connectivity index (χ1) is 16.5. The van der Waals surface area contributed by atoms with Gasteiger partial charge in [0, 0.05) is 36.5 Å². The van der Waals surface area contributed by atoms with Crippen LogP contribution < -0.4 is 20.1 Å². The molecule has 1 aromatic carbocycles. The number of carbonyl (C=O) groups is 1. The minimum absolute atomic E-state index is 0.0178. The third kappa shape index (κ3) is 4.19. The van der Waals surface area contributed by atoms with Crippen molar-refractivity contribution in [3.05, 3.63) is 53.7 Å². The molecule has 2 atom stereocenters. The molecule has 2 aromatic heterocycles. The maximum absolute atomic E-state index is 14.4. The zero-order valence-electron chi connectivity index (χ0n) is 19.1. The largest absolute Gasteiger partial charge is 0.492 e. The van der Waals surface area contributed by atoms with E-state index in [0.29, 0.717) is 41.4 Å². The molecule has 9 heteroatoms. The Labute approximate surface area is 196 Å². The van der Waals surface area contributed by atoms with Gasteiger partial charge in [-0.15, -0.1) is 0 Å². The van der Waals surface area contributed by atoms with E-state index in [2.05, 4.69) is 20.6 Å². The lowest BCUT2D eigenvalue weighted by molar-refractivity contribution is 0.0680. The normalized spacial score (nSPS) is 19.4. The van der Waals surface area contributed by atoms with Gasteiger partial charge in [0.05, 0.1) is 42.0 Å². The lowest BCUT2D eigenvalue weighted by Gasteiger charge is -2.21. The molecule has 1 saturated heterocycles. The first-order valence-electron chi connectivity index (χ1n) is 11.4. The molecule has 1 fully saturated rings. The molecule has 2 aliphatic rings. The van der Waals surface area contributed by atoms with Crippen LogP contribution in [0.4, 0.5) is 15.8 Å². The molecule has 3 N–H and O–H groups in total. The van der Waals surface area contributed by atoms with Crippen molar-refractivity contribution in [3.8, 4) is 22.8 Å². The van der Waals surface area contributed by atoms with Crippen LogP contribution in [0.3, 0.4) is 0 Å². The number of anilines is 2. The van der Waals surface area contributed by atoms with Crippen molar-refractivity contribution in [1.29, 1.82) is 0 Å². The fourth-order valence-corrected chi connectivity index (χ4v) is 4.55. The summed E-state index contributed by atoms with van der Waals surface area (Å²) in [5.74, 6) is -0.0668. The highest BCUT2D eigenvalue weighted by molar-refractivity contribution is 6.06. The molecule has 0 bridgehead atoms. The molecule has 2 aliphatic heterocycles. The number of amides is 1. The Bertz CT molecular complexity index is 1210. The molecule has 178 valence electrons. The van der Waals surface area contributed by atoms with Crippen molar-refractivity contribution in [3.63, 3.8) is 0 Å². The van der Waals surface area contributed by atoms with Gasteiger partial charge < -0.3 is 29.8 Å². The number of nitrogens with zero attached hydrogens (tertiary/aromatic N) is 1. The number of aromatic nitrogens is 2. The van der Waals surface area contributed by atoms with Crippen molar-refractivity contribution in [1.82, 2.24) is 15.3 Å². The summed E-state index contributed by atoms with van der Waals surface area (Å²) in [4.78, 5) is 20.7. The smallest absolute Gasteiger partial charge is 0.255 e. The van der Waals surface area contributed by atoms with E-state index in [1.807, 2.05) is 13.0 Å². The van der Waals surface area contributed by atoms with E-state index >= 15 is 0 Å². The summed E-state index contributed by atoms with van der Waals surface area (Å²) in [6, 6.07) is 6.43. The zero-order valence-corrected chi connectivity index (χ0v) is 19.1. The van der Waals surface area contributed by atoms with Crippen LogP contribution in [0.2, 0.25) is 0 Å². The van der Waals surface area contributed by atoms with Crippen molar-refractivity contribution >= 4 is 17.3 Å². The van der Waals surface area contributed by atoms with E-state index in [1.165, 1.54) is 13.2 Å². The maximum Gasteiger partial charge on any atom is 0.255 e. The number of benzene rings is 1. The van der Waals surface area contributed by atoms with E-state index in [0.717, 1.165) is 30.7 Å². The number of rotatable bonds is 7. The number of H-pyrrole nitrogens is 1. The van der Waals surface area contributed by atoms with Crippen LogP contribution >= 0.6 is 0 Å². The third-order valence-corrected chi connectivity index (χ3v) is 6.13. The fourth-order valence-electron chi connectivity index (χ4n) is 4.55. The van der Waals surface area contributed by atoms with Gasteiger partial charge in [0.1, 0.15) is 12.4 Å². The molecule has 0 saturated carbocycles. The summed E-state index contributed by atoms with van der Waals surface area (Å²) < 4.78 is 31.5. The number of nitrogens with one attached hydrogen (secondary N) is 3. The van der Waals surface area contributed by atoms with Crippen molar-refractivity contribution in [2.45, 2.75) is 38.3 Å². The van der Waals surface area contributed by atoms with E-state index in [-0.39, 0.29) is 23.8 Å². The number of fused-ring (bicyclic) bond motifs is 1. The minimum Gasteiger partial charge on any atom is -0.492 e. The van der Waals surface area contributed by atoms with E-state index in [4.69, 9.17) is 14.2 Å². The molecule has 0 unspecified atom stereocenters. The van der Waals surface area contributed by atoms with Crippen LogP contribution in [0.15, 0.2) is 36.7 Å². The van der Waals surface area contributed by atoms with Crippen LogP contribution in [-0.4, -0.2) is 48.3 Å². The average molecular weight is 467 g/mol. The zero-order chi connectivity index (χ0) is 23.7. The SMILES string of the molecule is COc1c(F)cccc1Nc1c(-c2ccncc2OC[C@@H]2CCCO2)[nH]c2c1C(=O)N[C@H](C)C2. The van der Waals surface area contributed by atoms with Gasteiger partial charge in [-0.2, -0.15) is 0 Å². The molecular formula is C25H27FN4O4. The van der Waals surface area contributed by atoms with Crippen LogP contribution in [0, 0.1) is 5.82 Å².